The van der Waals surface area contributed by atoms with Gasteiger partial charge in [0, 0.05) is 26.3 Å². The molecule has 0 amide bonds. The molecule has 1 aromatic carbocycles. The molecule has 1 aliphatic heterocycles. The lowest BCUT2D eigenvalue weighted by molar-refractivity contribution is 0.0627. The third kappa shape index (κ3) is 3.74. The van der Waals surface area contributed by atoms with Crippen molar-refractivity contribution in [2.24, 2.45) is 5.73 Å². The molecular formula is C14H23N3O3S. The maximum Gasteiger partial charge on any atom is 0.242 e. The first-order valence-electron chi connectivity index (χ1n) is 7.18. The first-order valence-corrected chi connectivity index (χ1v) is 8.66. The van der Waals surface area contributed by atoms with Crippen LogP contribution in [0, 0.1) is 0 Å². The monoisotopic (exact) mass is 313 g/mol. The van der Waals surface area contributed by atoms with E-state index in [1.165, 1.54) is 0 Å². The van der Waals surface area contributed by atoms with Gasteiger partial charge >= 0.3 is 0 Å². The Hall–Kier alpha value is -1.15. The van der Waals surface area contributed by atoms with Crippen molar-refractivity contribution in [2.75, 3.05) is 31.6 Å². The Morgan fingerprint density at radius 3 is 2.57 bits per heavy atom. The Kier molecular flexibility index (Phi) is 5.21. The van der Waals surface area contributed by atoms with Gasteiger partial charge in [-0.1, -0.05) is 19.1 Å². The number of sulfonamides is 1. The van der Waals surface area contributed by atoms with Crippen LogP contribution in [0.2, 0.25) is 0 Å². The molecule has 1 fully saturated rings. The van der Waals surface area contributed by atoms with E-state index in [0.29, 0.717) is 32.0 Å². The molecule has 1 aromatic rings. The highest BCUT2D eigenvalue weighted by Gasteiger charge is 2.32. The lowest BCUT2D eigenvalue weighted by atomic mass is 9.90. The van der Waals surface area contributed by atoms with Gasteiger partial charge < -0.3 is 15.8 Å². The van der Waals surface area contributed by atoms with Crippen LogP contribution in [-0.4, -0.2) is 40.3 Å². The normalized spacial score (nSPS) is 18.4. The maximum atomic E-state index is 12.3. The molecule has 6 nitrogen and oxygen atoms in total. The Morgan fingerprint density at radius 1 is 1.29 bits per heavy atom. The third-order valence-corrected chi connectivity index (χ3v) is 5.36. The van der Waals surface area contributed by atoms with Crippen molar-refractivity contribution in [1.82, 2.24) is 4.72 Å². The summed E-state index contributed by atoms with van der Waals surface area (Å²) in [6, 6.07) is 6.91. The summed E-state index contributed by atoms with van der Waals surface area (Å²) in [5, 5.41) is 3.35. The van der Waals surface area contributed by atoms with E-state index in [0.717, 1.165) is 12.8 Å². The van der Waals surface area contributed by atoms with Gasteiger partial charge in [0.1, 0.15) is 4.90 Å². The summed E-state index contributed by atoms with van der Waals surface area (Å²) < 4.78 is 32.5. The van der Waals surface area contributed by atoms with E-state index in [-0.39, 0.29) is 10.4 Å². The SMILES string of the molecule is CCNS(=O)(=O)c1ccccc1NC1(CN)CCOCC1. The average molecular weight is 313 g/mol. The molecule has 0 saturated carbocycles. The molecule has 4 N–H and O–H groups in total. The molecular weight excluding hydrogens is 290 g/mol. The van der Waals surface area contributed by atoms with Crippen LogP contribution >= 0.6 is 0 Å². The molecule has 2 rings (SSSR count). The van der Waals surface area contributed by atoms with Crippen molar-refractivity contribution < 1.29 is 13.2 Å². The van der Waals surface area contributed by atoms with E-state index in [1.807, 2.05) is 6.07 Å². The lowest BCUT2D eigenvalue weighted by Crippen LogP contribution is -2.50. The van der Waals surface area contributed by atoms with E-state index < -0.39 is 10.0 Å². The highest BCUT2D eigenvalue weighted by molar-refractivity contribution is 7.89. The van der Waals surface area contributed by atoms with Crippen molar-refractivity contribution in [3.63, 3.8) is 0 Å². The number of rotatable bonds is 6. The van der Waals surface area contributed by atoms with Gasteiger partial charge in [-0.3, -0.25) is 0 Å². The van der Waals surface area contributed by atoms with Crippen LogP contribution < -0.4 is 15.8 Å². The van der Waals surface area contributed by atoms with Crippen molar-refractivity contribution >= 4 is 15.7 Å². The predicted molar refractivity (Wildman–Crippen MR) is 82.8 cm³/mol. The number of hydrogen-bond acceptors (Lipinski definition) is 5. The van der Waals surface area contributed by atoms with E-state index in [4.69, 9.17) is 10.5 Å². The zero-order valence-electron chi connectivity index (χ0n) is 12.3. The molecule has 1 heterocycles. The number of nitrogens with one attached hydrogen (secondary N) is 2. The summed E-state index contributed by atoms with van der Waals surface area (Å²) in [7, 11) is -3.51. The molecule has 0 aromatic heterocycles. The number of anilines is 1. The summed E-state index contributed by atoms with van der Waals surface area (Å²) >= 11 is 0. The molecule has 7 heteroatoms. The minimum absolute atomic E-state index is 0.256. The number of ether oxygens (including phenoxy) is 1. The van der Waals surface area contributed by atoms with Crippen molar-refractivity contribution in [3.05, 3.63) is 24.3 Å². The summed E-state index contributed by atoms with van der Waals surface area (Å²) in [5.74, 6) is 0. The largest absolute Gasteiger partial charge is 0.381 e. The van der Waals surface area contributed by atoms with Gasteiger partial charge in [-0.2, -0.15) is 0 Å². The topological polar surface area (TPSA) is 93.5 Å². The van der Waals surface area contributed by atoms with E-state index >= 15 is 0 Å². The second kappa shape index (κ2) is 6.74. The zero-order chi connectivity index (χ0) is 15.3. The molecule has 1 aliphatic rings. The highest BCUT2D eigenvalue weighted by Crippen LogP contribution is 2.29. The van der Waals surface area contributed by atoms with E-state index in [1.54, 1.807) is 25.1 Å². The molecule has 21 heavy (non-hydrogen) atoms. The standard InChI is InChI=1S/C14H23N3O3S/c1-2-16-21(18,19)13-6-4-3-5-12(13)17-14(11-15)7-9-20-10-8-14/h3-6,16-17H,2,7-11,15H2,1H3. The second-order valence-corrected chi connectivity index (χ2v) is 6.95. The van der Waals surface area contributed by atoms with Crippen molar-refractivity contribution in [3.8, 4) is 0 Å². The van der Waals surface area contributed by atoms with Crippen LogP contribution in [0.5, 0.6) is 0 Å². The average Bonchev–Trinajstić information content (AvgIpc) is 2.48. The molecule has 0 bridgehead atoms. The molecule has 118 valence electrons. The van der Waals surface area contributed by atoms with E-state index in [2.05, 4.69) is 10.0 Å². The second-order valence-electron chi connectivity index (χ2n) is 5.22. The Morgan fingerprint density at radius 2 is 1.95 bits per heavy atom. The van der Waals surface area contributed by atoms with Crippen LogP contribution in [0.15, 0.2) is 29.2 Å². The van der Waals surface area contributed by atoms with Gasteiger partial charge in [-0.25, -0.2) is 13.1 Å². The Balaban J connectivity index is 2.32. The smallest absolute Gasteiger partial charge is 0.242 e. The molecule has 0 atom stereocenters. The van der Waals surface area contributed by atoms with Gasteiger partial charge in [-0.05, 0) is 25.0 Å². The van der Waals surface area contributed by atoms with Crippen LogP contribution in [0.4, 0.5) is 5.69 Å². The predicted octanol–water partition coefficient (Wildman–Crippen LogP) is 0.905. The number of nitrogens with two attached hydrogens (primary N) is 1. The first-order chi connectivity index (χ1) is 10.0. The van der Waals surface area contributed by atoms with Crippen molar-refractivity contribution in [1.29, 1.82) is 0 Å². The first kappa shape index (κ1) is 16.2. The van der Waals surface area contributed by atoms with Gasteiger partial charge in [0.2, 0.25) is 10.0 Å². The molecule has 0 spiro atoms. The van der Waals surface area contributed by atoms with Gasteiger partial charge in [0.05, 0.1) is 11.2 Å². The summed E-state index contributed by atoms with van der Waals surface area (Å²) in [5.41, 5.74) is 6.20. The van der Waals surface area contributed by atoms with Gasteiger partial charge in [-0.15, -0.1) is 0 Å². The molecule has 0 radical (unpaired) electrons. The zero-order valence-corrected chi connectivity index (χ0v) is 13.1. The Labute approximate surface area is 126 Å². The molecule has 0 aliphatic carbocycles. The van der Waals surface area contributed by atoms with Gasteiger partial charge in [0.25, 0.3) is 0 Å². The number of hydrogen-bond donors (Lipinski definition) is 3. The summed E-state index contributed by atoms with van der Waals surface area (Å²) in [6.45, 7) is 3.81. The lowest BCUT2D eigenvalue weighted by Gasteiger charge is -2.38. The fourth-order valence-electron chi connectivity index (χ4n) is 2.50. The maximum absolute atomic E-state index is 12.3. The van der Waals surface area contributed by atoms with Crippen LogP contribution in [0.3, 0.4) is 0 Å². The quantitative estimate of drug-likeness (QED) is 0.725. The molecule has 0 unspecified atom stereocenters. The van der Waals surface area contributed by atoms with Crippen LogP contribution in [0.25, 0.3) is 0 Å². The third-order valence-electron chi connectivity index (χ3n) is 3.75. The fourth-order valence-corrected chi connectivity index (χ4v) is 3.70. The van der Waals surface area contributed by atoms with Gasteiger partial charge in [0.15, 0.2) is 0 Å². The fraction of sp³-hybridized carbons (Fsp3) is 0.571. The highest BCUT2D eigenvalue weighted by atomic mass is 32.2. The van der Waals surface area contributed by atoms with Crippen LogP contribution in [0.1, 0.15) is 19.8 Å². The summed E-state index contributed by atoms with van der Waals surface area (Å²) in [6.07, 6.45) is 1.53. The minimum atomic E-state index is -3.51. The number of benzene rings is 1. The summed E-state index contributed by atoms with van der Waals surface area (Å²) in [4.78, 5) is 0.256. The van der Waals surface area contributed by atoms with Crippen LogP contribution in [-0.2, 0) is 14.8 Å². The minimum Gasteiger partial charge on any atom is -0.381 e. The Bertz CT molecular complexity index is 569. The number of para-hydroxylation sites is 1. The van der Waals surface area contributed by atoms with E-state index in [9.17, 15) is 8.42 Å². The van der Waals surface area contributed by atoms with Crippen molar-refractivity contribution in [2.45, 2.75) is 30.2 Å². The molecule has 1 saturated heterocycles.